The summed E-state index contributed by atoms with van der Waals surface area (Å²) in [6.07, 6.45) is 0.180. The number of nitrogens with zero attached hydrogens (tertiary/aromatic N) is 2. The predicted molar refractivity (Wildman–Crippen MR) is 109 cm³/mol. The number of hydrogen-bond acceptors (Lipinski definition) is 6. The number of methoxy groups -OCH3 is 1. The van der Waals surface area contributed by atoms with E-state index in [2.05, 4.69) is 6.58 Å². The van der Waals surface area contributed by atoms with E-state index in [1.165, 1.54) is 12.0 Å². The van der Waals surface area contributed by atoms with E-state index in [-0.39, 0.29) is 13.0 Å². The first-order valence-corrected chi connectivity index (χ1v) is 9.89. The SMILES string of the molecule is C=Cc1cccc2c1CN(C(=O)O[C@@H]1C[C@H](C(=O)OC)N(C(=O)OC(C)(C)C)C1)C2. The van der Waals surface area contributed by atoms with Gasteiger partial charge < -0.3 is 14.2 Å². The van der Waals surface area contributed by atoms with E-state index >= 15 is 0 Å². The van der Waals surface area contributed by atoms with E-state index in [1.54, 1.807) is 31.7 Å². The second-order valence-electron chi connectivity index (χ2n) is 8.46. The Bertz CT molecular complexity index is 860. The molecular formula is C22H28N2O6. The van der Waals surface area contributed by atoms with E-state index in [4.69, 9.17) is 14.2 Å². The first-order valence-electron chi connectivity index (χ1n) is 9.89. The molecule has 2 atom stereocenters. The molecule has 1 aromatic carbocycles. The Morgan fingerprint density at radius 3 is 2.53 bits per heavy atom. The van der Waals surface area contributed by atoms with Gasteiger partial charge in [0, 0.05) is 13.0 Å². The Labute approximate surface area is 176 Å². The van der Waals surface area contributed by atoms with Gasteiger partial charge in [0.15, 0.2) is 0 Å². The summed E-state index contributed by atoms with van der Waals surface area (Å²) in [4.78, 5) is 40.3. The molecule has 8 nitrogen and oxygen atoms in total. The number of amides is 2. The van der Waals surface area contributed by atoms with Crippen LogP contribution in [0, 0.1) is 0 Å². The van der Waals surface area contributed by atoms with Gasteiger partial charge in [0.1, 0.15) is 17.7 Å². The minimum atomic E-state index is -0.856. The zero-order valence-electron chi connectivity index (χ0n) is 17.8. The van der Waals surface area contributed by atoms with E-state index in [0.717, 1.165) is 16.7 Å². The van der Waals surface area contributed by atoms with Crippen LogP contribution >= 0.6 is 0 Å². The maximum absolute atomic E-state index is 12.7. The smallest absolute Gasteiger partial charge is 0.411 e. The summed E-state index contributed by atoms with van der Waals surface area (Å²) in [5.41, 5.74) is 2.39. The van der Waals surface area contributed by atoms with Crippen molar-refractivity contribution in [1.82, 2.24) is 9.80 Å². The van der Waals surface area contributed by atoms with Crippen LogP contribution in [0.5, 0.6) is 0 Å². The van der Waals surface area contributed by atoms with Crippen molar-refractivity contribution in [3.63, 3.8) is 0 Å². The Morgan fingerprint density at radius 1 is 1.17 bits per heavy atom. The molecule has 2 aliphatic rings. The summed E-state index contributed by atoms with van der Waals surface area (Å²) in [7, 11) is 1.26. The summed E-state index contributed by atoms with van der Waals surface area (Å²) in [6, 6.07) is 5.01. The van der Waals surface area contributed by atoms with Crippen LogP contribution in [0.25, 0.3) is 6.08 Å². The average molecular weight is 416 g/mol. The number of carbonyl (C=O) groups is 3. The molecule has 0 N–H and O–H groups in total. The number of rotatable bonds is 3. The topological polar surface area (TPSA) is 85.4 Å². The van der Waals surface area contributed by atoms with Gasteiger partial charge in [0.25, 0.3) is 0 Å². The maximum Gasteiger partial charge on any atom is 0.411 e. The summed E-state index contributed by atoms with van der Waals surface area (Å²) < 4.78 is 15.8. The Hall–Kier alpha value is -3.03. The molecule has 0 aliphatic carbocycles. The number of fused-ring (bicyclic) bond motifs is 1. The number of hydrogen-bond donors (Lipinski definition) is 0. The van der Waals surface area contributed by atoms with E-state index in [9.17, 15) is 14.4 Å². The van der Waals surface area contributed by atoms with E-state index < -0.39 is 35.9 Å². The van der Waals surface area contributed by atoms with Crippen LogP contribution in [0.2, 0.25) is 0 Å². The molecule has 3 rings (SSSR count). The van der Waals surface area contributed by atoms with Crippen molar-refractivity contribution in [2.45, 2.75) is 58.0 Å². The van der Waals surface area contributed by atoms with Crippen molar-refractivity contribution in [1.29, 1.82) is 0 Å². The fraction of sp³-hybridized carbons (Fsp3) is 0.500. The summed E-state index contributed by atoms with van der Waals surface area (Å²) in [6.45, 7) is 9.99. The van der Waals surface area contributed by atoms with Crippen molar-refractivity contribution in [2.24, 2.45) is 0 Å². The monoisotopic (exact) mass is 416 g/mol. The van der Waals surface area contributed by atoms with Gasteiger partial charge in [-0.25, -0.2) is 14.4 Å². The lowest BCUT2D eigenvalue weighted by Gasteiger charge is -2.27. The van der Waals surface area contributed by atoms with Gasteiger partial charge in [0.05, 0.1) is 20.2 Å². The van der Waals surface area contributed by atoms with Crippen LogP contribution < -0.4 is 0 Å². The van der Waals surface area contributed by atoms with Gasteiger partial charge in [-0.1, -0.05) is 30.9 Å². The molecule has 0 unspecified atom stereocenters. The van der Waals surface area contributed by atoms with E-state index in [0.29, 0.717) is 13.1 Å². The third-order valence-electron chi connectivity index (χ3n) is 5.13. The molecule has 30 heavy (non-hydrogen) atoms. The summed E-state index contributed by atoms with van der Waals surface area (Å²) >= 11 is 0. The molecule has 162 valence electrons. The molecule has 0 spiro atoms. The van der Waals surface area contributed by atoms with Crippen molar-refractivity contribution in [3.05, 3.63) is 41.5 Å². The lowest BCUT2D eigenvalue weighted by molar-refractivity contribution is -0.145. The van der Waals surface area contributed by atoms with Gasteiger partial charge in [-0.3, -0.25) is 9.80 Å². The molecule has 1 fully saturated rings. The molecule has 8 heteroatoms. The quantitative estimate of drug-likeness (QED) is 0.555. The van der Waals surface area contributed by atoms with Gasteiger partial charge in [-0.2, -0.15) is 0 Å². The molecule has 0 bridgehead atoms. The van der Waals surface area contributed by atoms with Crippen molar-refractivity contribution in [3.8, 4) is 0 Å². The lowest BCUT2D eigenvalue weighted by Crippen LogP contribution is -2.44. The van der Waals surface area contributed by atoms with Crippen LogP contribution in [0.15, 0.2) is 24.8 Å². The number of ether oxygens (including phenoxy) is 3. The maximum atomic E-state index is 12.7. The Balaban J connectivity index is 1.66. The second-order valence-corrected chi connectivity index (χ2v) is 8.46. The van der Waals surface area contributed by atoms with Crippen LogP contribution in [-0.2, 0) is 32.1 Å². The molecule has 2 aliphatic heterocycles. The van der Waals surface area contributed by atoms with Crippen molar-refractivity contribution < 1.29 is 28.6 Å². The van der Waals surface area contributed by atoms with Gasteiger partial charge in [-0.15, -0.1) is 0 Å². The minimum Gasteiger partial charge on any atom is -0.467 e. The largest absolute Gasteiger partial charge is 0.467 e. The molecule has 2 heterocycles. The number of benzene rings is 1. The number of carbonyl (C=O) groups excluding carboxylic acids is 3. The molecule has 2 amide bonds. The molecular weight excluding hydrogens is 388 g/mol. The average Bonchev–Trinajstić information content (AvgIpc) is 3.30. The zero-order chi connectivity index (χ0) is 22.1. The van der Waals surface area contributed by atoms with E-state index in [1.807, 2.05) is 18.2 Å². The lowest BCUT2D eigenvalue weighted by atomic mass is 10.0. The second kappa shape index (κ2) is 8.38. The van der Waals surface area contributed by atoms with Crippen LogP contribution in [0.1, 0.15) is 43.9 Å². The van der Waals surface area contributed by atoms with Crippen LogP contribution in [0.4, 0.5) is 9.59 Å². The first-order chi connectivity index (χ1) is 14.1. The third-order valence-corrected chi connectivity index (χ3v) is 5.13. The number of esters is 1. The van der Waals surface area contributed by atoms with Gasteiger partial charge in [0.2, 0.25) is 0 Å². The van der Waals surface area contributed by atoms with Crippen LogP contribution in [0.3, 0.4) is 0 Å². The molecule has 0 saturated carbocycles. The predicted octanol–water partition coefficient (Wildman–Crippen LogP) is 3.33. The zero-order valence-corrected chi connectivity index (χ0v) is 17.8. The first kappa shape index (κ1) is 21.7. The third kappa shape index (κ3) is 4.58. The van der Waals surface area contributed by atoms with Gasteiger partial charge in [-0.05, 0) is 37.5 Å². The highest BCUT2D eigenvalue weighted by atomic mass is 16.6. The molecule has 0 radical (unpaired) electrons. The summed E-state index contributed by atoms with van der Waals surface area (Å²) in [5.74, 6) is -0.566. The Morgan fingerprint density at radius 2 is 1.90 bits per heavy atom. The fourth-order valence-electron chi connectivity index (χ4n) is 3.75. The highest BCUT2D eigenvalue weighted by Crippen LogP contribution is 2.29. The van der Waals surface area contributed by atoms with Crippen LogP contribution in [-0.4, -0.2) is 59.4 Å². The number of likely N-dealkylation sites (tertiary alicyclic amines) is 1. The highest BCUT2D eigenvalue weighted by Gasteiger charge is 2.44. The van der Waals surface area contributed by atoms with Crippen molar-refractivity contribution >= 4 is 24.2 Å². The minimum absolute atomic E-state index is 0.0686. The fourth-order valence-corrected chi connectivity index (χ4v) is 3.75. The normalized spacial score (nSPS) is 20.5. The Kier molecular flexibility index (Phi) is 6.05. The van der Waals surface area contributed by atoms with Gasteiger partial charge >= 0.3 is 18.2 Å². The highest BCUT2D eigenvalue weighted by molar-refractivity contribution is 5.82. The summed E-state index contributed by atoms with van der Waals surface area (Å²) in [5, 5.41) is 0. The molecule has 1 aromatic rings. The molecule has 0 aromatic heterocycles. The van der Waals surface area contributed by atoms with Crippen molar-refractivity contribution in [2.75, 3.05) is 13.7 Å². The standard InChI is InChI=1S/C22H28N2O6/c1-6-14-8-7-9-15-11-23(13-17(14)15)20(26)29-16-10-18(19(25)28-5)24(12-16)21(27)30-22(2,3)4/h6-9,16,18H,1,10-13H2,2-5H3/t16-,18-/m1/s1. The molecule has 1 saturated heterocycles.